The zero-order chi connectivity index (χ0) is 14.9. The van der Waals surface area contributed by atoms with Crippen molar-refractivity contribution in [3.63, 3.8) is 0 Å². The predicted molar refractivity (Wildman–Crippen MR) is 77.0 cm³/mol. The van der Waals surface area contributed by atoms with Gasteiger partial charge < -0.3 is 4.90 Å². The molecule has 6 heteroatoms. The number of likely N-dealkylation sites (tertiary alicyclic amines) is 1. The monoisotopic (exact) mass is 296 g/mol. The average molecular weight is 297 g/mol. The van der Waals surface area contributed by atoms with Gasteiger partial charge in [0.15, 0.2) is 0 Å². The van der Waals surface area contributed by atoms with Gasteiger partial charge in [0.1, 0.15) is 5.56 Å². The zero-order valence-electron chi connectivity index (χ0n) is 11.5. The van der Waals surface area contributed by atoms with Crippen LogP contribution in [0.2, 0.25) is 5.02 Å². The fourth-order valence-electron chi connectivity index (χ4n) is 2.46. The van der Waals surface area contributed by atoms with Gasteiger partial charge in [-0.3, -0.25) is 14.9 Å². The van der Waals surface area contributed by atoms with Crippen LogP contribution < -0.4 is 0 Å². The van der Waals surface area contributed by atoms with Crippen molar-refractivity contribution in [2.75, 3.05) is 13.1 Å². The summed E-state index contributed by atoms with van der Waals surface area (Å²) in [4.78, 5) is 24.7. The highest BCUT2D eigenvalue weighted by Crippen LogP contribution is 2.28. The summed E-state index contributed by atoms with van der Waals surface area (Å²) in [5, 5.41) is 11.4. The number of amides is 1. The molecule has 2 unspecified atom stereocenters. The number of nitro benzene ring substituents is 1. The molecule has 0 saturated carbocycles. The lowest BCUT2D eigenvalue weighted by molar-refractivity contribution is -0.385. The fraction of sp³-hybridized carbons (Fsp3) is 0.500. The topological polar surface area (TPSA) is 63.5 Å². The van der Waals surface area contributed by atoms with Gasteiger partial charge in [-0.15, -0.1) is 0 Å². The van der Waals surface area contributed by atoms with Crippen molar-refractivity contribution in [3.8, 4) is 0 Å². The van der Waals surface area contributed by atoms with Gasteiger partial charge in [0, 0.05) is 24.2 Å². The number of nitro groups is 1. The molecule has 1 fully saturated rings. The number of rotatable bonds is 2. The van der Waals surface area contributed by atoms with Crippen LogP contribution in [0.5, 0.6) is 0 Å². The van der Waals surface area contributed by atoms with Crippen LogP contribution in [-0.2, 0) is 0 Å². The minimum absolute atomic E-state index is 0.0734. The summed E-state index contributed by atoms with van der Waals surface area (Å²) < 4.78 is 0. The minimum Gasteiger partial charge on any atom is -0.338 e. The molecule has 1 amide bonds. The van der Waals surface area contributed by atoms with Gasteiger partial charge >= 0.3 is 0 Å². The molecule has 1 saturated heterocycles. The Morgan fingerprint density at radius 3 is 2.70 bits per heavy atom. The van der Waals surface area contributed by atoms with E-state index in [4.69, 9.17) is 11.6 Å². The molecule has 0 bridgehead atoms. The van der Waals surface area contributed by atoms with E-state index < -0.39 is 4.92 Å². The molecule has 1 heterocycles. The maximum Gasteiger partial charge on any atom is 0.282 e. The first kappa shape index (κ1) is 14.8. The van der Waals surface area contributed by atoms with Crippen LogP contribution in [0, 0.1) is 22.0 Å². The molecule has 1 aromatic carbocycles. The first-order valence-electron chi connectivity index (χ1n) is 6.63. The molecule has 1 aromatic rings. The van der Waals surface area contributed by atoms with Crippen LogP contribution in [0.25, 0.3) is 0 Å². The van der Waals surface area contributed by atoms with Crippen LogP contribution in [0.3, 0.4) is 0 Å². The Balaban J connectivity index is 2.29. The van der Waals surface area contributed by atoms with Crippen molar-refractivity contribution in [2.45, 2.75) is 20.3 Å². The van der Waals surface area contributed by atoms with Gasteiger partial charge in [-0.25, -0.2) is 0 Å². The molecule has 0 radical (unpaired) electrons. The van der Waals surface area contributed by atoms with E-state index in [2.05, 4.69) is 13.8 Å². The summed E-state index contributed by atoms with van der Waals surface area (Å²) in [6.45, 7) is 5.52. The highest BCUT2D eigenvalue weighted by molar-refractivity contribution is 6.31. The van der Waals surface area contributed by atoms with Crippen LogP contribution >= 0.6 is 11.6 Å². The summed E-state index contributed by atoms with van der Waals surface area (Å²) in [7, 11) is 0. The van der Waals surface area contributed by atoms with Gasteiger partial charge in [0.2, 0.25) is 0 Å². The van der Waals surface area contributed by atoms with Crippen LogP contribution in [0.1, 0.15) is 30.6 Å². The molecule has 2 rings (SSSR count). The van der Waals surface area contributed by atoms with Crippen molar-refractivity contribution < 1.29 is 9.72 Å². The summed E-state index contributed by atoms with van der Waals surface area (Å²) in [5.74, 6) is 0.650. The van der Waals surface area contributed by atoms with Crippen molar-refractivity contribution in [2.24, 2.45) is 11.8 Å². The van der Waals surface area contributed by atoms with Gasteiger partial charge in [0.25, 0.3) is 11.6 Å². The number of hydrogen-bond donors (Lipinski definition) is 0. The Hall–Kier alpha value is -1.62. The summed E-state index contributed by atoms with van der Waals surface area (Å²) in [6.07, 6.45) is 0.918. The van der Waals surface area contributed by atoms with E-state index in [0.717, 1.165) is 6.42 Å². The van der Waals surface area contributed by atoms with Gasteiger partial charge in [-0.1, -0.05) is 25.4 Å². The Kier molecular flexibility index (Phi) is 4.28. The van der Waals surface area contributed by atoms with E-state index in [-0.39, 0.29) is 17.2 Å². The Morgan fingerprint density at radius 1 is 1.40 bits per heavy atom. The number of carbonyl (C=O) groups excluding carboxylic acids is 1. The smallest absolute Gasteiger partial charge is 0.282 e. The number of carbonyl (C=O) groups is 1. The molecule has 0 spiro atoms. The first-order valence-corrected chi connectivity index (χ1v) is 7.01. The molecule has 0 aromatic heterocycles. The van der Waals surface area contributed by atoms with E-state index in [1.165, 1.54) is 18.2 Å². The van der Waals surface area contributed by atoms with E-state index in [0.29, 0.717) is 29.9 Å². The molecule has 1 aliphatic heterocycles. The Morgan fingerprint density at radius 2 is 2.10 bits per heavy atom. The summed E-state index contributed by atoms with van der Waals surface area (Å²) >= 11 is 5.86. The molecule has 20 heavy (non-hydrogen) atoms. The molecular weight excluding hydrogens is 280 g/mol. The molecular formula is C14H17ClN2O3. The van der Waals surface area contributed by atoms with Gasteiger partial charge in [0.05, 0.1) is 4.92 Å². The fourth-order valence-corrected chi connectivity index (χ4v) is 2.63. The number of hydrogen-bond acceptors (Lipinski definition) is 3. The van der Waals surface area contributed by atoms with Gasteiger partial charge in [-0.05, 0) is 30.4 Å². The lowest BCUT2D eigenvalue weighted by atomic mass is 9.88. The van der Waals surface area contributed by atoms with E-state index >= 15 is 0 Å². The second kappa shape index (κ2) is 5.79. The van der Waals surface area contributed by atoms with E-state index in [1.54, 1.807) is 4.90 Å². The number of nitrogens with zero attached hydrogens (tertiary/aromatic N) is 2. The molecule has 5 nitrogen and oxygen atoms in total. The maximum atomic E-state index is 12.5. The van der Waals surface area contributed by atoms with E-state index in [1.807, 2.05) is 0 Å². The maximum absolute atomic E-state index is 12.5. The number of piperidine rings is 1. The third-order valence-corrected chi connectivity index (χ3v) is 4.24. The molecule has 108 valence electrons. The second-order valence-electron chi connectivity index (χ2n) is 5.41. The minimum atomic E-state index is -0.542. The molecule has 2 atom stereocenters. The predicted octanol–water partition coefficient (Wildman–Crippen LogP) is 3.37. The molecule has 0 aliphatic carbocycles. The first-order chi connectivity index (χ1) is 9.40. The summed E-state index contributed by atoms with van der Waals surface area (Å²) in [6, 6.07) is 4.09. The highest BCUT2D eigenvalue weighted by Gasteiger charge is 2.30. The summed E-state index contributed by atoms with van der Waals surface area (Å²) in [5.41, 5.74) is -0.116. The lowest BCUT2D eigenvalue weighted by Gasteiger charge is -2.35. The quantitative estimate of drug-likeness (QED) is 0.621. The highest BCUT2D eigenvalue weighted by atomic mass is 35.5. The Bertz CT molecular complexity index is 547. The normalized spacial score (nSPS) is 22.6. The van der Waals surface area contributed by atoms with Crippen molar-refractivity contribution in [1.82, 2.24) is 4.90 Å². The Labute approximate surface area is 122 Å². The van der Waals surface area contributed by atoms with Crippen LogP contribution in [-0.4, -0.2) is 28.8 Å². The lowest BCUT2D eigenvalue weighted by Crippen LogP contribution is -2.42. The average Bonchev–Trinajstić information content (AvgIpc) is 2.40. The van der Waals surface area contributed by atoms with Crippen molar-refractivity contribution >= 4 is 23.2 Å². The van der Waals surface area contributed by atoms with E-state index in [9.17, 15) is 14.9 Å². The van der Waals surface area contributed by atoms with Crippen molar-refractivity contribution in [1.29, 1.82) is 0 Å². The third-order valence-electron chi connectivity index (χ3n) is 4.01. The third kappa shape index (κ3) is 2.93. The number of benzene rings is 1. The zero-order valence-corrected chi connectivity index (χ0v) is 12.3. The molecule has 0 N–H and O–H groups in total. The largest absolute Gasteiger partial charge is 0.338 e. The van der Waals surface area contributed by atoms with Crippen LogP contribution in [0.15, 0.2) is 18.2 Å². The number of halogens is 1. The SMILES string of the molecule is CC1CCN(C(=O)c2cc(Cl)ccc2[N+](=O)[O-])CC1C. The van der Waals surface area contributed by atoms with Crippen molar-refractivity contribution in [3.05, 3.63) is 38.9 Å². The van der Waals surface area contributed by atoms with Gasteiger partial charge in [-0.2, -0.15) is 0 Å². The standard InChI is InChI=1S/C14H17ClN2O3/c1-9-5-6-16(8-10(9)2)14(18)12-7-11(15)3-4-13(12)17(19)20/h3-4,7,9-10H,5-6,8H2,1-2H3. The van der Waals surface area contributed by atoms with Crippen LogP contribution in [0.4, 0.5) is 5.69 Å². The second-order valence-corrected chi connectivity index (χ2v) is 5.85. The molecule has 1 aliphatic rings.